The second kappa shape index (κ2) is 7.30. The van der Waals surface area contributed by atoms with Crippen molar-refractivity contribution in [2.45, 2.75) is 25.3 Å². The van der Waals surface area contributed by atoms with Gasteiger partial charge in [0.25, 0.3) is 0 Å². The number of fused-ring (bicyclic) bond motifs is 1. The van der Waals surface area contributed by atoms with Gasteiger partial charge in [-0.1, -0.05) is 54.6 Å². The van der Waals surface area contributed by atoms with Gasteiger partial charge in [-0.15, -0.1) is 0 Å². The number of hydrogen-bond donors (Lipinski definition) is 1. The minimum absolute atomic E-state index is 0.118. The van der Waals surface area contributed by atoms with Crippen LogP contribution in [-0.4, -0.2) is 19.0 Å². The molecule has 1 N–H and O–H groups in total. The van der Waals surface area contributed by atoms with E-state index in [4.69, 9.17) is 4.74 Å². The van der Waals surface area contributed by atoms with Crippen LogP contribution in [0, 0.1) is 5.92 Å². The fourth-order valence-corrected chi connectivity index (χ4v) is 3.32. The van der Waals surface area contributed by atoms with E-state index >= 15 is 0 Å². The first-order valence-electron chi connectivity index (χ1n) is 8.16. The first-order valence-corrected chi connectivity index (χ1v) is 8.16. The fraction of sp³-hybridized carbons (Fsp3) is 0.300. The number of hydrogen-bond acceptors (Lipinski definition) is 3. The van der Waals surface area contributed by atoms with Crippen molar-refractivity contribution in [2.24, 2.45) is 5.92 Å². The lowest BCUT2D eigenvalue weighted by atomic mass is 10.0. The van der Waals surface area contributed by atoms with E-state index < -0.39 is 12.0 Å². The molecule has 0 spiro atoms. The summed E-state index contributed by atoms with van der Waals surface area (Å²) in [7, 11) is 1.33. The van der Waals surface area contributed by atoms with Gasteiger partial charge in [0.2, 0.25) is 5.91 Å². The Kier molecular flexibility index (Phi) is 4.94. The maximum absolute atomic E-state index is 12.4. The first-order chi connectivity index (χ1) is 11.7. The summed E-state index contributed by atoms with van der Waals surface area (Å²) in [6.45, 7) is 0. The van der Waals surface area contributed by atoms with E-state index in [0.29, 0.717) is 6.42 Å². The standard InChI is InChI=1S/C20H21NO3/c1-24-20(23)19(15-7-3-2-4-8-15)21-18(22)13-14-11-16-9-5-6-10-17(16)12-14/h2-10,14,19H,11-13H2,1H3,(H,21,22). The zero-order valence-electron chi connectivity index (χ0n) is 13.7. The molecule has 0 saturated carbocycles. The largest absolute Gasteiger partial charge is 0.467 e. The minimum atomic E-state index is -0.757. The van der Waals surface area contributed by atoms with Gasteiger partial charge in [0, 0.05) is 6.42 Å². The van der Waals surface area contributed by atoms with Crippen LogP contribution in [-0.2, 0) is 27.2 Å². The molecule has 24 heavy (non-hydrogen) atoms. The maximum atomic E-state index is 12.4. The van der Waals surface area contributed by atoms with E-state index in [1.54, 1.807) is 0 Å². The average molecular weight is 323 g/mol. The van der Waals surface area contributed by atoms with Crippen LogP contribution in [0.15, 0.2) is 54.6 Å². The number of carbonyl (C=O) groups is 2. The highest BCUT2D eigenvalue weighted by molar-refractivity contribution is 5.85. The highest BCUT2D eigenvalue weighted by Crippen LogP contribution is 2.28. The number of benzene rings is 2. The summed E-state index contributed by atoms with van der Waals surface area (Å²) < 4.78 is 4.83. The van der Waals surface area contributed by atoms with Gasteiger partial charge in [0.05, 0.1) is 7.11 Å². The summed E-state index contributed by atoms with van der Waals surface area (Å²) >= 11 is 0. The first kappa shape index (κ1) is 16.2. The van der Waals surface area contributed by atoms with Crippen molar-refractivity contribution in [2.75, 3.05) is 7.11 Å². The number of amides is 1. The molecular weight excluding hydrogens is 302 g/mol. The average Bonchev–Trinajstić information content (AvgIpc) is 3.02. The Morgan fingerprint density at radius 1 is 1.04 bits per heavy atom. The Balaban J connectivity index is 1.64. The van der Waals surface area contributed by atoms with E-state index in [2.05, 4.69) is 17.4 Å². The van der Waals surface area contributed by atoms with Crippen LogP contribution in [0.3, 0.4) is 0 Å². The van der Waals surface area contributed by atoms with E-state index in [0.717, 1.165) is 18.4 Å². The molecule has 4 heteroatoms. The van der Waals surface area contributed by atoms with E-state index in [-0.39, 0.29) is 11.8 Å². The second-order valence-corrected chi connectivity index (χ2v) is 6.18. The molecule has 2 aromatic carbocycles. The zero-order valence-corrected chi connectivity index (χ0v) is 13.7. The number of methoxy groups -OCH3 is 1. The third kappa shape index (κ3) is 3.65. The normalized spacial score (nSPS) is 14.7. The van der Waals surface area contributed by atoms with Crippen LogP contribution in [0.5, 0.6) is 0 Å². The van der Waals surface area contributed by atoms with Gasteiger partial charge in [-0.05, 0) is 35.4 Å². The van der Waals surface area contributed by atoms with Crippen LogP contribution in [0.2, 0.25) is 0 Å². The third-order valence-electron chi connectivity index (χ3n) is 4.48. The van der Waals surface area contributed by atoms with Crippen LogP contribution >= 0.6 is 0 Å². The van der Waals surface area contributed by atoms with Crippen molar-refractivity contribution in [1.29, 1.82) is 0 Å². The molecule has 2 aromatic rings. The van der Waals surface area contributed by atoms with Crippen molar-refractivity contribution in [3.63, 3.8) is 0 Å². The molecular formula is C20H21NO3. The highest BCUT2D eigenvalue weighted by atomic mass is 16.5. The molecule has 0 fully saturated rings. The highest BCUT2D eigenvalue weighted by Gasteiger charge is 2.27. The summed E-state index contributed by atoms with van der Waals surface area (Å²) in [5.74, 6) is -0.284. The van der Waals surface area contributed by atoms with E-state index in [1.807, 2.05) is 42.5 Å². The lowest BCUT2D eigenvalue weighted by Gasteiger charge is -2.18. The van der Waals surface area contributed by atoms with Crippen LogP contribution in [0.4, 0.5) is 0 Å². The van der Waals surface area contributed by atoms with Gasteiger partial charge < -0.3 is 10.1 Å². The molecule has 0 saturated heterocycles. The maximum Gasteiger partial charge on any atom is 0.333 e. The van der Waals surface area contributed by atoms with Crippen LogP contribution in [0.1, 0.15) is 29.2 Å². The molecule has 4 nitrogen and oxygen atoms in total. The van der Waals surface area contributed by atoms with Crippen molar-refractivity contribution >= 4 is 11.9 Å². The fourth-order valence-electron chi connectivity index (χ4n) is 3.32. The van der Waals surface area contributed by atoms with Gasteiger partial charge in [-0.2, -0.15) is 0 Å². The van der Waals surface area contributed by atoms with Gasteiger partial charge >= 0.3 is 5.97 Å². The van der Waals surface area contributed by atoms with Gasteiger partial charge in [-0.25, -0.2) is 4.79 Å². The van der Waals surface area contributed by atoms with E-state index in [9.17, 15) is 9.59 Å². The van der Waals surface area contributed by atoms with Crippen molar-refractivity contribution in [1.82, 2.24) is 5.32 Å². The van der Waals surface area contributed by atoms with E-state index in [1.165, 1.54) is 18.2 Å². The second-order valence-electron chi connectivity index (χ2n) is 6.18. The molecule has 1 unspecified atom stereocenters. The molecule has 0 aromatic heterocycles. The Bertz CT molecular complexity index is 702. The molecule has 1 aliphatic carbocycles. The van der Waals surface area contributed by atoms with Crippen LogP contribution in [0.25, 0.3) is 0 Å². The third-order valence-corrected chi connectivity index (χ3v) is 4.48. The number of nitrogens with one attached hydrogen (secondary N) is 1. The summed E-state index contributed by atoms with van der Waals surface area (Å²) in [6.07, 6.45) is 2.24. The number of rotatable bonds is 5. The predicted molar refractivity (Wildman–Crippen MR) is 91.3 cm³/mol. The molecule has 0 aliphatic heterocycles. The van der Waals surface area contributed by atoms with Gasteiger partial charge in [0.15, 0.2) is 6.04 Å². The monoisotopic (exact) mass is 323 g/mol. The Hall–Kier alpha value is -2.62. The Morgan fingerprint density at radius 2 is 1.62 bits per heavy atom. The van der Waals surface area contributed by atoms with Gasteiger partial charge in [0.1, 0.15) is 0 Å². The van der Waals surface area contributed by atoms with Crippen molar-refractivity contribution < 1.29 is 14.3 Å². The molecule has 124 valence electrons. The quantitative estimate of drug-likeness (QED) is 0.861. The molecule has 0 radical (unpaired) electrons. The summed E-state index contributed by atoms with van der Waals surface area (Å²) in [6, 6.07) is 16.7. The summed E-state index contributed by atoms with van der Waals surface area (Å²) in [5.41, 5.74) is 3.37. The molecule has 3 rings (SSSR count). The minimum Gasteiger partial charge on any atom is -0.467 e. The summed E-state index contributed by atoms with van der Waals surface area (Å²) in [5, 5.41) is 2.82. The lowest BCUT2D eigenvalue weighted by molar-refractivity contribution is -0.145. The molecule has 0 bridgehead atoms. The number of esters is 1. The summed E-state index contributed by atoms with van der Waals surface area (Å²) in [4.78, 5) is 24.5. The SMILES string of the molecule is COC(=O)C(NC(=O)CC1Cc2ccccc2C1)c1ccccc1. The topological polar surface area (TPSA) is 55.4 Å². The molecule has 1 atom stereocenters. The van der Waals surface area contributed by atoms with Crippen molar-refractivity contribution in [3.8, 4) is 0 Å². The molecule has 0 heterocycles. The number of ether oxygens (including phenoxy) is 1. The van der Waals surface area contributed by atoms with Crippen LogP contribution < -0.4 is 5.32 Å². The smallest absolute Gasteiger partial charge is 0.333 e. The Labute approximate surface area is 141 Å². The number of carbonyl (C=O) groups excluding carboxylic acids is 2. The van der Waals surface area contributed by atoms with Crippen molar-refractivity contribution in [3.05, 3.63) is 71.3 Å². The Morgan fingerprint density at radius 3 is 2.21 bits per heavy atom. The van der Waals surface area contributed by atoms with Gasteiger partial charge in [-0.3, -0.25) is 4.79 Å². The zero-order chi connectivity index (χ0) is 16.9. The lowest BCUT2D eigenvalue weighted by Crippen LogP contribution is -2.35. The molecule has 1 aliphatic rings. The molecule has 1 amide bonds. The predicted octanol–water partition coefficient (Wildman–Crippen LogP) is 2.82.